The Morgan fingerprint density at radius 1 is 1.25 bits per heavy atom. The van der Waals surface area contributed by atoms with Crippen molar-refractivity contribution in [2.24, 2.45) is 0 Å². The van der Waals surface area contributed by atoms with E-state index in [0.29, 0.717) is 17.8 Å². The molecule has 0 unspecified atom stereocenters. The number of benzene rings is 2. The first-order chi connectivity index (χ1) is 9.47. The molecule has 20 heavy (non-hydrogen) atoms. The lowest BCUT2D eigenvalue weighted by atomic mass is 10.1. The molecule has 2 rings (SSSR count). The molecule has 0 bridgehead atoms. The van der Waals surface area contributed by atoms with Crippen LogP contribution in [0.5, 0.6) is 0 Å². The van der Waals surface area contributed by atoms with Crippen LogP contribution in [-0.4, -0.2) is 17.9 Å². The van der Waals surface area contributed by atoms with E-state index >= 15 is 0 Å². The van der Waals surface area contributed by atoms with Gasteiger partial charge in [-0.05, 0) is 36.8 Å². The molecule has 0 spiro atoms. The van der Waals surface area contributed by atoms with E-state index in [1.807, 2.05) is 13.0 Å². The Morgan fingerprint density at radius 2 is 2.00 bits per heavy atom. The Kier molecular flexibility index (Phi) is 4.03. The molecule has 2 N–H and O–H groups in total. The second kappa shape index (κ2) is 5.74. The summed E-state index contributed by atoms with van der Waals surface area (Å²) < 4.78 is 13.1. The summed E-state index contributed by atoms with van der Waals surface area (Å²) in [6, 6.07) is 11.6. The average molecular weight is 272 g/mol. The highest BCUT2D eigenvalue weighted by atomic mass is 19.1. The highest BCUT2D eigenvalue weighted by Gasteiger charge is 2.15. The molecule has 0 saturated carbocycles. The molecular formula is C16H17FN2O. The number of amides is 1. The summed E-state index contributed by atoms with van der Waals surface area (Å²) in [7, 11) is 1.68. The van der Waals surface area contributed by atoms with Gasteiger partial charge in [-0.25, -0.2) is 4.39 Å². The molecule has 2 aromatic carbocycles. The lowest BCUT2D eigenvalue weighted by Gasteiger charge is -2.18. The summed E-state index contributed by atoms with van der Waals surface area (Å²) in [5, 5.41) is 0. The number of rotatable bonds is 3. The molecular weight excluding hydrogens is 255 g/mol. The van der Waals surface area contributed by atoms with E-state index in [-0.39, 0.29) is 11.7 Å². The quantitative estimate of drug-likeness (QED) is 0.873. The Morgan fingerprint density at radius 3 is 2.70 bits per heavy atom. The van der Waals surface area contributed by atoms with Crippen molar-refractivity contribution in [3.8, 4) is 0 Å². The molecule has 4 heteroatoms. The van der Waals surface area contributed by atoms with Crippen LogP contribution in [0.15, 0.2) is 42.5 Å². The number of nitrogens with zero attached hydrogens (tertiary/aromatic N) is 1. The fraction of sp³-hybridized carbons (Fsp3) is 0.188. The number of anilines is 1. The maximum atomic E-state index is 13.1. The number of nitrogens with two attached hydrogens (primary N) is 1. The number of nitrogen functional groups attached to an aromatic ring is 1. The van der Waals surface area contributed by atoms with Crippen LogP contribution in [0.1, 0.15) is 21.5 Å². The Balaban J connectivity index is 2.18. The van der Waals surface area contributed by atoms with Crippen molar-refractivity contribution in [1.82, 2.24) is 4.90 Å². The van der Waals surface area contributed by atoms with Gasteiger partial charge in [0.2, 0.25) is 0 Å². The Labute approximate surface area is 117 Å². The zero-order valence-corrected chi connectivity index (χ0v) is 11.6. The van der Waals surface area contributed by atoms with E-state index in [9.17, 15) is 9.18 Å². The summed E-state index contributed by atoms with van der Waals surface area (Å²) in [6.07, 6.45) is 0. The predicted octanol–water partition coefficient (Wildman–Crippen LogP) is 2.99. The van der Waals surface area contributed by atoms with Crippen molar-refractivity contribution >= 4 is 11.6 Å². The van der Waals surface area contributed by atoms with Crippen molar-refractivity contribution < 1.29 is 9.18 Å². The van der Waals surface area contributed by atoms with Gasteiger partial charge in [-0.2, -0.15) is 0 Å². The summed E-state index contributed by atoms with van der Waals surface area (Å²) in [5.74, 6) is -0.478. The van der Waals surface area contributed by atoms with Crippen LogP contribution < -0.4 is 5.73 Å². The van der Waals surface area contributed by atoms with Crippen LogP contribution in [0, 0.1) is 12.7 Å². The number of carbonyl (C=O) groups is 1. The Hall–Kier alpha value is -2.36. The van der Waals surface area contributed by atoms with Gasteiger partial charge in [-0.3, -0.25) is 4.79 Å². The second-order valence-electron chi connectivity index (χ2n) is 4.88. The molecule has 0 fully saturated rings. The second-order valence-corrected chi connectivity index (χ2v) is 4.88. The molecule has 2 aromatic rings. The van der Waals surface area contributed by atoms with E-state index in [4.69, 9.17) is 5.73 Å². The Bertz CT molecular complexity index is 640. The van der Waals surface area contributed by atoms with Crippen LogP contribution in [0.4, 0.5) is 10.1 Å². The number of hydrogen-bond acceptors (Lipinski definition) is 2. The molecule has 0 saturated heterocycles. The highest BCUT2D eigenvalue weighted by molar-refractivity contribution is 5.99. The number of carbonyl (C=O) groups excluding carboxylic acids is 1. The van der Waals surface area contributed by atoms with E-state index in [1.54, 1.807) is 31.3 Å². The molecule has 0 aliphatic heterocycles. The molecule has 0 atom stereocenters. The van der Waals surface area contributed by atoms with Gasteiger partial charge < -0.3 is 10.6 Å². The fourth-order valence-corrected chi connectivity index (χ4v) is 2.04. The molecule has 0 aliphatic carbocycles. The first-order valence-electron chi connectivity index (χ1n) is 6.33. The summed E-state index contributed by atoms with van der Waals surface area (Å²) in [5.41, 5.74) is 8.48. The van der Waals surface area contributed by atoms with Gasteiger partial charge in [0.1, 0.15) is 5.82 Å². The van der Waals surface area contributed by atoms with Gasteiger partial charge in [0.25, 0.3) is 5.91 Å². The minimum absolute atomic E-state index is 0.171. The van der Waals surface area contributed by atoms with Gasteiger partial charge in [0, 0.05) is 19.3 Å². The third-order valence-electron chi connectivity index (χ3n) is 3.09. The predicted molar refractivity (Wildman–Crippen MR) is 77.8 cm³/mol. The van der Waals surface area contributed by atoms with Crippen LogP contribution >= 0.6 is 0 Å². The van der Waals surface area contributed by atoms with Gasteiger partial charge in [-0.1, -0.05) is 23.8 Å². The third kappa shape index (κ3) is 3.15. The zero-order valence-electron chi connectivity index (χ0n) is 11.6. The van der Waals surface area contributed by atoms with E-state index in [2.05, 4.69) is 0 Å². The van der Waals surface area contributed by atoms with Crippen molar-refractivity contribution in [2.45, 2.75) is 13.5 Å². The SMILES string of the molecule is Cc1ccc(N)c(C(=O)N(C)Cc2cccc(F)c2)c1. The topological polar surface area (TPSA) is 46.3 Å². The molecule has 3 nitrogen and oxygen atoms in total. The minimum Gasteiger partial charge on any atom is -0.398 e. The average Bonchev–Trinajstić information content (AvgIpc) is 2.40. The van der Waals surface area contributed by atoms with E-state index < -0.39 is 0 Å². The molecule has 0 heterocycles. The number of hydrogen-bond donors (Lipinski definition) is 1. The van der Waals surface area contributed by atoms with Crippen molar-refractivity contribution in [2.75, 3.05) is 12.8 Å². The van der Waals surface area contributed by atoms with Crippen LogP contribution in [0.3, 0.4) is 0 Å². The van der Waals surface area contributed by atoms with Gasteiger partial charge in [-0.15, -0.1) is 0 Å². The molecule has 104 valence electrons. The lowest BCUT2D eigenvalue weighted by molar-refractivity contribution is 0.0786. The summed E-state index contributed by atoms with van der Waals surface area (Å²) in [4.78, 5) is 13.9. The fourth-order valence-electron chi connectivity index (χ4n) is 2.04. The van der Waals surface area contributed by atoms with Crippen molar-refractivity contribution in [3.63, 3.8) is 0 Å². The van der Waals surface area contributed by atoms with Crippen LogP contribution in [-0.2, 0) is 6.54 Å². The highest BCUT2D eigenvalue weighted by Crippen LogP contribution is 2.17. The number of halogens is 1. The van der Waals surface area contributed by atoms with Gasteiger partial charge in [0.05, 0.1) is 5.56 Å². The maximum Gasteiger partial charge on any atom is 0.255 e. The molecule has 0 aliphatic rings. The van der Waals surface area contributed by atoms with E-state index in [0.717, 1.165) is 11.1 Å². The normalized spacial score (nSPS) is 10.3. The van der Waals surface area contributed by atoms with E-state index in [1.165, 1.54) is 17.0 Å². The molecule has 1 amide bonds. The maximum absolute atomic E-state index is 13.1. The third-order valence-corrected chi connectivity index (χ3v) is 3.09. The monoisotopic (exact) mass is 272 g/mol. The largest absolute Gasteiger partial charge is 0.398 e. The van der Waals surface area contributed by atoms with Crippen LogP contribution in [0.25, 0.3) is 0 Å². The lowest BCUT2D eigenvalue weighted by Crippen LogP contribution is -2.27. The molecule has 0 aromatic heterocycles. The first kappa shape index (κ1) is 14.1. The summed E-state index contributed by atoms with van der Waals surface area (Å²) in [6.45, 7) is 2.24. The standard InChI is InChI=1S/C16H17FN2O/c1-11-6-7-15(18)14(8-11)16(20)19(2)10-12-4-3-5-13(17)9-12/h3-9H,10,18H2,1-2H3. The smallest absolute Gasteiger partial charge is 0.255 e. The van der Waals surface area contributed by atoms with Crippen LogP contribution in [0.2, 0.25) is 0 Å². The number of aryl methyl sites for hydroxylation is 1. The first-order valence-corrected chi connectivity index (χ1v) is 6.33. The summed E-state index contributed by atoms with van der Waals surface area (Å²) >= 11 is 0. The van der Waals surface area contributed by atoms with Gasteiger partial charge in [0.15, 0.2) is 0 Å². The van der Waals surface area contributed by atoms with Gasteiger partial charge >= 0.3 is 0 Å². The van der Waals surface area contributed by atoms with Crippen molar-refractivity contribution in [3.05, 3.63) is 65.0 Å². The minimum atomic E-state index is -0.307. The zero-order chi connectivity index (χ0) is 14.7. The van der Waals surface area contributed by atoms with Crippen molar-refractivity contribution in [1.29, 1.82) is 0 Å². The molecule has 0 radical (unpaired) electrons.